The lowest BCUT2D eigenvalue weighted by molar-refractivity contribution is 1.21. The number of fused-ring (bicyclic) bond motifs is 1. The van der Waals surface area contributed by atoms with Gasteiger partial charge >= 0.3 is 0 Å². The van der Waals surface area contributed by atoms with Crippen LogP contribution in [-0.2, 0) is 0 Å². The minimum Gasteiger partial charge on any atom is -0.323 e. The Labute approximate surface area is 165 Å². The molecular weight excluding hydrogens is 400 g/mol. The van der Waals surface area contributed by atoms with E-state index in [0.717, 1.165) is 32.2 Å². The van der Waals surface area contributed by atoms with Gasteiger partial charge in [0.15, 0.2) is 0 Å². The van der Waals surface area contributed by atoms with Crippen molar-refractivity contribution in [2.24, 2.45) is 5.10 Å². The molecule has 3 aromatic carbocycles. The van der Waals surface area contributed by atoms with E-state index in [0.29, 0.717) is 5.95 Å². The third-order valence-corrected chi connectivity index (χ3v) is 4.41. The summed E-state index contributed by atoms with van der Waals surface area (Å²) in [5, 5.41) is 4.23. The van der Waals surface area contributed by atoms with Gasteiger partial charge in [0, 0.05) is 15.6 Å². The van der Waals surface area contributed by atoms with Crippen LogP contribution in [0.4, 0.5) is 5.95 Å². The highest BCUT2D eigenvalue weighted by Gasteiger charge is 1.99. The zero-order valence-electron chi connectivity index (χ0n) is 14.3. The van der Waals surface area contributed by atoms with Gasteiger partial charge in [0.2, 0.25) is 5.95 Å². The maximum absolute atomic E-state index is 4.41. The lowest BCUT2D eigenvalue weighted by Gasteiger charge is -1.96. The minimum atomic E-state index is 0.615. The first kappa shape index (κ1) is 17.1. The molecule has 0 saturated carbocycles. The van der Waals surface area contributed by atoms with Crippen molar-refractivity contribution in [2.75, 3.05) is 5.43 Å². The maximum Gasteiger partial charge on any atom is 0.222 e. The van der Waals surface area contributed by atoms with Crippen molar-refractivity contribution in [1.29, 1.82) is 0 Å². The van der Waals surface area contributed by atoms with E-state index >= 15 is 0 Å². The monoisotopic (exact) mass is 414 g/mol. The standard InChI is InChI=1S/C22H15BrN4/c23-19-13-11-17(12-14-19)6-5-16-7-9-18(10-8-16)15-24-27-22-25-20-3-1-2-4-21(20)26-22/h1-4,7-15H,(H2,25,26,27)/b24-15+. The van der Waals surface area contributed by atoms with E-state index in [1.165, 1.54) is 0 Å². The largest absolute Gasteiger partial charge is 0.323 e. The summed E-state index contributed by atoms with van der Waals surface area (Å²) in [4.78, 5) is 7.58. The molecule has 4 aromatic rings. The van der Waals surface area contributed by atoms with Gasteiger partial charge in [0.05, 0.1) is 17.2 Å². The molecule has 0 bridgehead atoms. The van der Waals surface area contributed by atoms with Gasteiger partial charge in [-0.15, -0.1) is 0 Å². The Morgan fingerprint density at radius 1 is 0.889 bits per heavy atom. The summed E-state index contributed by atoms with van der Waals surface area (Å²) >= 11 is 3.42. The number of nitrogens with one attached hydrogen (secondary N) is 2. The van der Waals surface area contributed by atoms with Crippen molar-refractivity contribution in [3.05, 3.63) is 94.0 Å². The van der Waals surface area contributed by atoms with Crippen LogP contribution in [0.5, 0.6) is 0 Å². The zero-order chi connectivity index (χ0) is 18.5. The molecule has 1 aromatic heterocycles. The summed E-state index contributed by atoms with van der Waals surface area (Å²) in [7, 11) is 0. The van der Waals surface area contributed by atoms with E-state index in [1.54, 1.807) is 6.21 Å². The number of benzene rings is 3. The fourth-order valence-electron chi connectivity index (χ4n) is 2.50. The first-order chi connectivity index (χ1) is 13.3. The number of anilines is 1. The summed E-state index contributed by atoms with van der Waals surface area (Å²) in [6, 6.07) is 23.7. The Morgan fingerprint density at radius 2 is 1.56 bits per heavy atom. The molecule has 0 amide bonds. The van der Waals surface area contributed by atoms with Gasteiger partial charge in [-0.3, -0.25) is 0 Å². The van der Waals surface area contributed by atoms with Crippen LogP contribution < -0.4 is 5.43 Å². The number of aromatic nitrogens is 2. The summed E-state index contributed by atoms with van der Waals surface area (Å²) < 4.78 is 1.05. The smallest absolute Gasteiger partial charge is 0.222 e. The van der Waals surface area contributed by atoms with E-state index in [2.05, 4.69) is 48.3 Å². The minimum absolute atomic E-state index is 0.615. The van der Waals surface area contributed by atoms with Gasteiger partial charge in [-0.25, -0.2) is 10.4 Å². The normalized spacial score (nSPS) is 10.7. The first-order valence-corrected chi connectivity index (χ1v) is 9.17. The number of para-hydroxylation sites is 2. The fraction of sp³-hybridized carbons (Fsp3) is 0. The molecule has 0 spiro atoms. The van der Waals surface area contributed by atoms with Gasteiger partial charge in [-0.1, -0.05) is 52.0 Å². The molecule has 4 nitrogen and oxygen atoms in total. The summed E-state index contributed by atoms with van der Waals surface area (Å²) in [6.07, 6.45) is 1.75. The van der Waals surface area contributed by atoms with Gasteiger partial charge in [-0.05, 0) is 54.1 Å². The molecule has 2 N–H and O–H groups in total. The van der Waals surface area contributed by atoms with Crippen molar-refractivity contribution in [3.63, 3.8) is 0 Å². The zero-order valence-corrected chi connectivity index (χ0v) is 15.9. The SMILES string of the molecule is Brc1ccc(C#Cc2ccc(/C=N/Nc3nc4ccccc4[nH]3)cc2)cc1. The molecule has 5 heteroatoms. The van der Waals surface area contributed by atoms with Crippen molar-refractivity contribution in [2.45, 2.75) is 0 Å². The van der Waals surface area contributed by atoms with E-state index in [4.69, 9.17) is 0 Å². The highest BCUT2D eigenvalue weighted by molar-refractivity contribution is 9.10. The predicted octanol–water partition coefficient (Wildman–Crippen LogP) is 5.17. The second-order valence-electron chi connectivity index (χ2n) is 5.85. The van der Waals surface area contributed by atoms with Gasteiger partial charge < -0.3 is 4.98 Å². The number of nitrogens with zero attached hydrogens (tertiary/aromatic N) is 2. The highest BCUT2D eigenvalue weighted by atomic mass is 79.9. The second kappa shape index (κ2) is 7.90. The van der Waals surface area contributed by atoms with Crippen LogP contribution in [0.1, 0.15) is 16.7 Å². The highest BCUT2D eigenvalue weighted by Crippen LogP contribution is 2.13. The number of hydrogen-bond donors (Lipinski definition) is 2. The first-order valence-electron chi connectivity index (χ1n) is 8.38. The van der Waals surface area contributed by atoms with E-state index in [9.17, 15) is 0 Å². The van der Waals surface area contributed by atoms with Crippen molar-refractivity contribution < 1.29 is 0 Å². The molecule has 0 aliphatic rings. The van der Waals surface area contributed by atoms with E-state index in [1.807, 2.05) is 72.8 Å². The summed E-state index contributed by atoms with van der Waals surface area (Å²) in [5.74, 6) is 6.94. The van der Waals surface area contributed by atoms with Crippen LogP contribution >= 0.6 is 15.9 Å². The molecule has 0 aliphatic heterocycles. The van der Waals surface area contributed by atoms with E-state index in [-0.39, 0.29) is 0 Å². The van der Waals surface area contributed by atoms with Crippen LogP contribution in [0.3, 0.4) is 0 Å². The third-order valence-electron chi connectivity index (χ3n) is 3.88. The number of hydrazone groups is 1. The molecule has 0 aliphatic carbocycles. The average molecular weight is 415 g/mol. The van der Waals surface area contributed by atoms with Crippen molar-refractivity contribution >= 4 is 39.1 Å². The van der Waals surface area contributed by atoms with Crippen LogP contribution in [0.15, 0.2) is 82.4 Å². The number of aromatic amines is 1. The summed E-state index contributed by atoms with van der Waals surface area (Å²) in [6.45, 7) is 0. The van der Waals surface area contributed by atoms with Crippen LogP contribution in [0.2, 0.25) is 0 Å². The maximum atomic E-state index is 4.41. The topological polar surface area (TPSA) is 53.1 Å². The van der Waals surface area contributed by atoms with E-state index < -0.39 is 0 Å². The lowest BCUT2D eigenvalue weighted by atomic mass is 10.1. The quantitative estimate of drug-likeness (QED) is 0.276. The number of rotatable bonds is 3. The molecule has 4 rings (SSSR count). The lowest BCUT2D eigenvalue weighted by Crippen LogP contribution is -1.92. The molecule has 0 fully saturated rings. The Morgan fingerprint density at radius 3 is 2.26 bits per heavy atom. The molecular formula is C22H15BrN4. The Bertz CT molecular complexity index is 1110. The molecule has 0 unspecified atom stereocenters. The number of hydrogen-bond acceptors (Lipinski definition) is 3. The van der Waals surface area contributed by atoms with Crippen LogP contribution in [-0.4, -0.2) is 16.2 Å². The van der Waals surface area contributed by atoms with Crippen molar-refractivity contribution in [3.8, 4) is 11.8 Å². The Hall–Kier alpha value is -3.36. The Balaban J connectivity index is 1.40. The number of imidazole rings is 1. The molecule has 0 radical (unpaired) electrons. The predicted molar refractivity (Wildman–Crippen MR) is 114 cm³/mol. The summed E-state index contributed by atoms with van der Waals surface area (Å²) in [5.41, 5.74) is 7.72. The second-order valence-corrected chi connectivity index (χ2v) is 6.77. The molecule has 130 valence electrons. The van der Waals surface area contributed by atoms with Gasteiger partial charge in [-0.2, -0.15) is 5.10 Å². The average Bonchev–Trinajstić information content (AvgIpc) is 3.11. The molecule has 1 heterocycles. The number of H-pyrrole nitrogens is 1. The van der Waals surface area contributed by atoms with Gasteiger partial charge in [0.25, 0.3) is 0 Å². The molecule has 0 saturated heterocycles. The Kier molecular flexibility index (Phi) is 4.99. The molecule has 27 heavy (non-hydrogen) atoms. The van der Waals surface area contributed by atoms with Crippen molar-refractivity contribution in [1.82, 2.24) is 9.97 Å². The number of halogens is 1. The molecule has 0 atom stereocenters. The van der Waals surface area contributed by atoms with Crippen LogP contribution in [0.25, 0.3) is 11.0 Å². The third kappa shape index (κ3) is 4.43. The van der Waals surface area contributed by atoms with Crippen LogP contribution in [0, 0.1) is 11.8 Å². The fourth-order valence-corrected chi connectivity index (χ4v) is 2.77. The van der Waals surface area contributed by atoms with Gasteiger partial charge in [0.1, 0.15) is 0 Å².